The predicted molar refractivity (Wildman–Crippen MR) is 123 cm³/mol. The van der Waals surface area contributed by atoms with Gasteiger partial charge in [-0.05, 0) is 74.0 Å². The number of benzene rings is 1. The van der Waals surface area contributed by atoms with E-state index in [-0.39, 0.29) is 0 Å². The van der Waals surface area contributed by atoms with Crippen LogP contribution < -0.4 is 0 Å². The smallest absolute Gasteiger partial charge is 0.123 e. The highest BCUT2D eigenvalue weighted by molar-refractivity contribution is 8.32. The number of hydrogen-bond donors (Lipinski definition) is 0. The van der Waals surface area contributed by atoms with Crippen molar-refractivity contribution in [2.24, 2.45) is 0 Å². The summed E-state index contributed by atoms with van der Waals surface area (Å²) in [4.78, 5) is 0. The molecule has 0 aliphatic heterocycles. The van der Waals surface area contributed by atoms with E-state index in [1.807, 2.05) is 6.07 Å². The van der Waals surface area contributed by atoms with Crippen molar-refractivity contribution in [1.82, 2.24) is 4.57 Å². The third-order valence-corrected chi connectivity index (χ3v) is 8.29. The van der Waals surface area contributed by atoms with Crippen LogP contribution in [0.1, 0.15) is 29.9 Å². The van der Waals surface area contributed by atoms with Crippen molar-refractivity contribution >= 4 is 42.6 Å². The second-order valence-corrected chi connectivity index (χ2v) is 18.1. The molecule has 6 heteroatoms. The summed E-state index contributed by atoms with van der Waals surface area (Å²) in [6.07, 6.45) is 16.4. The third-order valence-electron chi connectivity index (χ3n) is 4.90. The Kier molecular flexibility index (Phi) is 5.85. The fraction of sp³-hybridized carbons (Fsp3) is 0.571. The van der Waals surface area contributed by atoms with Gasteiger partial charge in [-0.1, -0.05) is 11.6 Å². The van der Waals surface area contributed by atoms with Crippen LogP contribution in [-0.4, -0.2) is 54.5 Å². The quantitative estimate of drug-likeness (QED) is 0.527. The van der Waals surface area contributed by atoms with E-state index in [1.165, 1.54) is 23.4 Å². The van der Waals surface area contributed by atoms with Crippen LogP contribution in [0.5, 0.6) is 0 Å². The molecule has 1 aromatic heterocycles. The molecule has 0 radical (unpaired) electrons. The monoisotopic (exact) mass is 426 g/mol. The van der Waals surface area contributed by atoms with Crippen LogP contribution in [0.3, 0.4) is 0 Å². The molecule has 1 aromatic carbocycles. The standard InChI is InChI=1S/C21H31ClN2OS2/c1-26(2,3)12-11-25-14-24-17-10-9-16(13-23)20(22)19(17)18(15-7-8-15)21(24)27(4,5)6/h9-10,15H,7-8,11-12,14H2,1-6H3. The summed E-state index contributed by atoms with van der Waals surface area (Å²) in [5.74, 6) is 1.68. The molecule has 3 rings (SSSR count). The fourth-order valence-corrected chi connectivity index (χ4v) is 6.16. The van der Waals surface area contributed by atoms with Gasteiger partial charge in [-0.25, -0.2) is 20.1 Å². The maximum absolute atomic E-state index is 9.45. The Morgan fingerprint density at radius 3 is 2.37 bits per heavy atom. The maximum Gasteiger partial charge on any atom is 0.123 e. The normalized spacial score (nSPS) is 16.5. The SMILES string of the molecule is CS(C)(C)CCOCn1c(S(C)(C)C)c(C2CC2)c2c(Cl)c(C#N)ccc21. The first-order valence-electron chi connectivity index (χ1n) is 9.21. The number of hydrogen-bond acceptors (Lipinski definition) is 2. The highest BCUT2D eigenvalue weighted by atomic mass is 35.5. The second-order valence-electron chi connectivity index (χ2n) is 9.02. The van der Waals surface area contributed by atoms with E-state index in [0.29, 0.717) is 23.2 Å². The minimum Gasteiger partial charge on any atom is -0.360 e. The number of ether oxygens (including phenoxy) is 1. The number of nitrogens with zero attached hydrogens (tertiary/aromatic N) is 2. The largest absolute Gasteiger partial charge is 0.360 e. The highest BCUT2D eigenvalue weighted by Crippen LogP contribution is 2.58. The summed E-state index contributed by atoms with van der Waals surface area (Å²) in [7, 11) is -1.55. The summed E-state index contributed by atoms with van der Waals surface area (Å²) < 4.78 is 8.48. The van der Waals surface area contributed by atoms with Gasteiger partial charge in [0.05, 0.1) is 27.7 Å². The molecule has 1 saturated carbocycles. The van der Waals surface area contributed by atoms with Gasteiger partial charge in [-0.2, -0.15) is 5.26 Å². The minimum atomic E-state index is -0.986. The minimum absolute atomic E-state index is 0.556. The van der Waals surface area contributed by atoms with Crippen molar-refractivity contribution in [3.63, 3.8) is 0 Å². The summed E-state index contributed by atoms with van der Waals surface area (Å²) in [5.41, 5.74) is 3.05. The van der Waals surface area contributed by atoms with Crippen LogP contribution in [0.2, 0.25) is 5.02 Å². The Balaban J connectivity index is 2.11. The highest BCUT2D eigenvalue weighted by Gasteiger charge is 2.35. The average Bonchev–Trinajstić information content (AvgIpc) is 3.32. The first-order valence-corrected chi connectivity index (χ1v) is 15.5. The van der Waals surface area contributed by atoms with Gasteiger partial charge in [0.1, 0.15) is 12.8 Å². The van der Waals surface area contributed by atoms with Crippen molar-refractivity contribution in [2.75, 3.05) is 49.9 Å². The molecule has 2 aromatic rings. The lowest BCUT2D eigenvalue weighted by Gasteiger charge is -2.30. The molecule has 0 saturated heterocycles. The van der Waals surface area contributed by atoms with Crippen molar-refractivity contribution in [3.8, 4) is 6.07 Å². The summed E-state index contributed by atoms with van der Waals surface area (Å²) >= 11 is 6.71. The molecule has 0 spiro atoms. The van der Waals surface area contributed by atoms with Crippen LogP contribution in [0.25, 0.3) is 10.9 Å². The Bertz CT molecular complexity index is 896. The lowest BCUT2D eigenvalue weighted by Crippen LogP contribution is -2.13. The average molecular weight is 427 g/mol. The first-order chi connectivity index (χ1) is 12.5. The van der Waals surface area contributed by atoms with Gasteiger partial charge < -0.3 is 9.30 Å². The fourth-order valence-electron chi connectivity index (χ4n) is 3.50. The Morgan fingerprint density at radius 2 is 1.85 bits per heavy atom. The number of halogens is 1. The van der Waals surface area contributed by atoms with Gasteiger partial charge in [0.25, 0.3) is 0 Å². The van der Waals surface area contributed by atoms with Crippen molar-refractivity contribution < 1.29 is 4.74 Å². The Hall–Kier alpha value is -0.800. The summed E-state index contributed by atoms with van der Waals surface area (Å²) in [6.45, 7) is 1.33. The van der Waals surface area contributed by atoms with Crippen LogP contribution >= 0.6 is 31.7 Å². The van der Waals surface area contributed by atoms with Crippen molar-refractivity contribution in [3.05, 3.63) is 28.3 Å². The zero-order valence-corrected chi connectivity index (χ0v) is 19.7. The maximum atomic E-state index is 9.45. The second kappa shape index (κ2) is 7.55. The molecule has 0 bridgehead atoms. The molecule has 1 aliphatic rings. The Labute approximate surface area is 171 Å². The molecule has 1 fully saturated rings. The molecule has 0 N–H and O–H groups in total. The predicted octanol–water partition coefficient (Wildman–Crippen LogP) is 5.76. The van der Waals surface area contributed by atoms with E-state index in [0.717, 1.165) is 23.3 Å². The lowest BCUT2D eigenvalue weighted by molar-refractivity contribution is 0.0873. The third kappa shape index (κ3) is 4.45. The van der Waals surface area contributed by atoms with Gasteiger partial charge in [-0.3, -0.25) is 0 Å². The first kappa shape index (κ1) is 20.9. The van der Waals surface area contributed by atoms with Crippen molar-refractivity contribution in [2.45, 2.75) is 30.5 Å². The zero-order chi connectivity index (χ0) is 20.0. The molecule has 150 valence electrons. The molecular formula is C21H31ClN2OS2. The molecule has 0 unspecified atom stereocenters. The summed E-state index contributed by atoms with van der Waals surface area (Å²) in [5, 5.41) is 12.5. The molecule has 1 heterocycles. The Morgan fingerprint density at radius 1 is 1.19 bits per heavy atom. The van der Waals surface area contributed by atoms with Gasteiger partial charge >= 0.3 is 0 Å². The van der Waals surface area contributed by atoms with Gasteiger partial charge in [-0.15, -0.1) is 0 Å². The van der Waals surface area contributed by atoms with Crippen LogP contribution in [-0.2, 0) is 11.5 Å². The lowest BCUT2D eigenvalue weighted by atomic mass is 10.1. The van der Waals surface area contributed by atoms with Crippen LogP contribution in [0, 0.1) is 11.3 Å². The number of aromatic nitrogens is 1. The van der Waals surface area contributed by atoms with E-state index >= 15 is 0 Å². The van der Waals surface area contributed by atoms with E-state index < -0.39 is 20.1 Å². The van der Waals surface area contributed by atoms with E-state index in [9.17, 15) is 5.26 Å². The van der Waals surface area contributed by atoms with E-state index in [1.54, 1.807) is 0 Å². The number of rotatable bonds is 7. The summed E-state index contributed by atoms with van der Waals surface area (Å²) in [6, 6.07) is 6.15. The van der Waals surface area contributed by atoms with Gasteiger partial charge in [0.15, 0.2) is 0 Å². The van der Waals surface area contributed by atoms with Gasteiger partial charge in [0, 0.05) is 11.1 Å². The van der Waals surface area contributed by atoms with Crippen LogP contribution in [0.4, 0.5) is 0 Å². The molecule has 0 atom stereocenters. The zero-order valence-electron chi connectivity index (χ0n) is 17.3. The molecular weight excluding hydrogens is 396 g/mol. The van der Waals surface area contributed by atoms with Gasteiger partial charge in [0.2, 0.25) is 0 Å². The topological polar surface area (TPSA) is 38.0 Å². The van der Waals surface area contributed by atoms with Crippen molar-refractivity contribution in [1.29, 1.82) is 5.26 Å². The van der Waals surface area contributed by atoms with E-state index in [2.05, 4.69) is 54.2 Å². The molecule has 27 heavy (non-hydrogen) atoms. The molecule has 1 aliphatic carbocycles. The van der Waals surface area contributed by atoms with Crippen LogP contribution in [0.15, 0.2) is 17.2 Å². The van der Waals surface area contributed by atoms with E-state index in [4.69, 9.17) is 16.3 Å². The number of fused-ring (bicyclic) bond motifs is 1. The number of nitriles is 1. The molecule has 3 nitrogen and oxygen atoms in total. The molecule has 0 amide bonds.